The van der Waals surface area contributed by atoms with Crippen LogP contribution in [0.1, 0.15) is 10.4 Å². The van der Waals surface area contributed by atoms with Gasteiger partial charge in [0.25, 0.3) is 0 Å². The molecule has 2 aromatic heterocycles. The summed E-state index contributed by atoms with van der Waals surface area (Å²) in [6.45, 7) is 2.90. The van der Waals surface area contributed by atoms with Crippen LogP contribution in [-0.2, 0) is 6.54 Å². The monoisotopic (exact) mass is 338 g/mol. The summed E-state index contributed by atoms with van der Waals surface area (Å²) in [5, 5.41) is 2.09. The molecule has 18 heavy (non-hydrogen) atoms. The molecule has 0 fully saturated rings. The van der Waals surface area contributed by atoms with Gasteiger partial charge in [-0.05, 0) is 64.2 Å². The van der Waals surface area contributed by atoms with Gasteiger partial charge in [0.05, 0.1) is 17.6 Å². The van der Waals surface area contributed by atoms with Gasteiger partial charge in [0, 0.05) is 9.35 Å². The van der Waals surface area contributed by atoms with Crippen LogP contribution in [0.15, 0.2) is 34.1 Å². The standard InChI is InChI=1S/C13H11BrN2S2/c1-8-2-3-10-11(6-8)16(13(17)15-10)7-12-9(14)4-5-18-12/h2-6H,7H2,1H3,(H,15,17). The fraction of sp³-hybridized carbons (Fsp3) is 0.154. The molecule has 3 aromatic rings. The second-order valence-corrected chi connectivity index (χ2v) is 6.47. The number of nitrogens with one attached hydrogen (secondary N) is 1. The van der Waals surface area contributed by atoms with Crippen molar-refractivity contribution in [1.29, 1.82) is 0 Å². The Bertz CT molecular complexity index is 767. The molecule has 1 N–H and O–H groups in total. The minimum atomic E-state index is 0.774. The highest BCUT2D eigenvalue weighted by atomic mass is 79.9. The van der Waals surface area contributed by atoms with E-state index in [0.29, 0.717) is 0 Å². The highest BCUT2D eigenvalue weighted by molar-refractivity contribution is 9.10. The molecule has 0 amide bonds. The molecule has 3 rings (SSSR count). The highest BCUT2D eigenvalue weighted by Gasteiger charge is 2.08. The number of hydrogen-bond acceptors (Lipinski definition) is 2. The van der Waals surface area contributed by atoms with E-state index in [-0.39, 0.29) is 0 Å². The first-order valence-corrected chi connectivity index (χ1v) is 7.64. The van der Waals surface area contributed by atoms with E-state index in [1.54, 1.807) is 11.3 Å². The summed E-state index contributed by atoms with van der Waals surface area (Å²) >= 11 is 10.7. The molecule has 1 aromatic carbocycles. The fourth-order valence-corrected chi connectivity index (χ4v) is 3.74. The van der Waals surface area contributed by atoms with E-state index >= 15 is 0 Å². The van der Waals surface area contributed by atoms with Crippen molar-refractivity contribution in [3.63, 3.8) is 0 Å². The van der Waals surface area contributed by atoms with E-state index in [1.165, 1.54) is 16.0 Å². The fourth-order valence-electron chi connectivity index (χ4n) is 2.00. The topological polar surface area (TPSA) is 20.7 Å². The lowest BCUT2D eigenvalue weighted by molar-refractivity contribution is 0.820. The summed E-state index contributed by atoms with van der Waals surface area (Å²) in [5.74, 6) is 0. The minimum Gasteiger partial charge on any atom is -0.331 e. The zero-order valence-corrected chi connectivity index (χ0v) is 13.0. The number of thiophene rings is 1. The Morgan fingerprint density at radius 2 is 2.22 bits per heavy atom. The Kier molecular flexibility index (Phi) is 3.13. The second kappa shape index (κ2) is 4.64. The maximum Gasteiger partial charge on any atom is 0.178 e. The second-order valence-electron chi connectivity index (χ2n) is 4.23. The predicted octanol–water partition coefficient (Wildman–Crippen LogP) is 4.88. The maximum atomic E-state index is 5.41. The quantitative estimate of drug-likeness (QED) is 0.660. The molecule has 0 spiro atoms. The summed E-state index contributed by atoms with van der Waals surface area (Å²) in [5.41, 5.74) is 3.51. The third-order valence-electron chi connectivity index (χ3n) is 2.92. The number of nitrogens with zero attached hydrogens (tertiary/aromatic N) is 1. The minimum absolute atomic E-state index is 0.774. The van der Waals surface area contributed by atoms with E-state index in [4.69, 9.17) is 12.2 Å². The molecule has 5 heteroatoms. The Hall–Kier alpha value is -0.910. The number of benzene rings is 1. The average Bonchev–Trinajstić information content (AvgIpc) is 2.86. The normalized spacial score (nSPS) is 11.2. The molecule has 2 nitrogen and oxygen atoms in total. The number of halogens is 1. The van der Waals surface area contributed by atoms with Gasteiger partial charge in [0.15, 0.2) is 4.77 Å². The molecule has 0 atom stereocenters. The van der Waals surface area contributed by atoms with Gasteiger partial charge in [-0.3, -0.25) is 0 Å². The van der Waals surface area contributed by atoms with Crippen LogP contribution in [0.5, 0.6) is 0 Å². The van der Waals surface area contributed by atoms with Crippen molar-refractivity contribution in [2.45, 2.75) is 13.5 Å². The lowest BCUT2D eigenvalue weighted by Gasteiger charge is -2.04. The van der Waals surface area contributed by atoms with Crippen LogP contribution in [0.4, 0.5) is 0 Å². The average molecular weight is 339 g/mol. The number of aryl methyl sites for hydroxylation is 1. The maximum absolute atomic E-state index is 5.41. The van der Waals surface area contributed by atoms with E-state index in [9.17, 15) is 0 Å². The number of hydrogen-bond donors (Lipinski definition) is 1. The van der Waals surface area contributed by atoms with Gasteiger partial charge in [-0.25, -0.2) is 0 Å². The van der Waals surface area contributed by atoms with Gasteiger partial charge in [0.2, 0.25) is 0 Å². The van der Waals surface area contributed by atoms with Gasteiger partial charge < -0.3 is 9.55 Å². The summed E-state index contributed by atoms with van der Waals surface area (Å²) < 4.78 is 4.07. The molecule has 0 radical (unpaired) electrons. The first-order valence-electron chi connectivity index (χ1n) is 5.56. The van der Waals surface area contributed by atoms with Crippen molar-refractivity contribution in [3.8, 4) is 0 Å². The third kappa shape index (κ3) is 2.06. The van der Waals surface area contributed by atoms with Crippen LogP contribution in [0.2, 0.25) is 0 Å². The molecule has 0 aliphatic rings. The summed E-state index contributed by atoms with van der Waals surface area (Å²) in [4.78, 5) is 4.54. The smallest absolute Gasteiger partial charge is 0.178 e. The molecule has 0 aliphatic carbocycles. The number of rotatable bonds is 2. The molecule has 0 aliphatic heterocycles. The number of aromatic amines is 1. The zero-order valence-electron chi connectivity index (χ0n) is 9.74. The third-order valence-corrected chi connectivity index (χ3v) is 5.16. The van der Waals surface area contributed by atoms with Gasteiger partial charge in [0.1, 0.15) is 0 Å². The van der Waals surface area contributed by atoms with Gasteiger partial charge in [-0.15, -0.1) is 11.3 Å². The number of imidazole rings is 1. The number of fused-ring (bicyclic) bond motifs is 1. The van der Waals surface area contributed by atoms with Crippen LogP contribution >= 0.6 is 39.5 Å². The first kappa shape index (κ1) is 12.1. The van der Waals surface area contributed by atoms with Crippen LogP contribution in [-0.4, -0.2) is 9.55 Å². The first-order chi connectivity index (χ1) is 8.65. The van der Waals surface area contributed by atoms with Crippen molar-refractivity contribution in [3.05, 3.63) is 49.3 Å². The Balaban J connectivity index is 2.17. The number of H-pyrrole nitrogens is 1. The summed E-state index contributed by atoms with van der Waals surface area (Å²) in [6.07, 6.45) is 0. The SMILES string of the molecule is Cc1ccc2[nH]c(=S)n(Cc3sccc3Br)c2c1. The van der Waals surface area contributed by atoms with Gasteiger partial charge >= 0.3 is 0 Å². The van der Waals surface area contributed by atoms with Crippen molar-refractivity contribution in [2.24, 2.45) is 0 Å². The summed E-state index contributed by atoms with van der Waals surface area (Å²) in [7, 11) is 0. The Labute approximate surface area is 122 Å². The largest absolute Gasteiger partial charge is 0.331 e. The van der Waals surface area contributed by atoms with Crippen molar-refractivity contribution >= 4 is 50.5 Å². The van der Waals surface area contributed by atoms with Crippen LogP contribution in [0.3, 0.4) is 0 Å². The predicted molar refractivity (Wildman–Crippen MR) is 83.0 cm³/mol. The Morgan fingerprint density at radius 1 is 1.39 bits per heavy atom. The highest BCUT2D eigenvalue weighted by Crippen LogP contribution is 2.25. The molecule has 0 saturated heterocycles. The van der Waals surface area contributed by atoms with Crippen LogP contribution in [0, 0.1) is 11.7 Å². The van der Waals surface area contributed by atoms with Crippen LogP contribution in [0.25, 0.3) is 11.0 Å². The Morgan fingerprint density at radius 3 is 2.94 bits per heavy atom. The van der Waals surface area contributed by atoms with Crippen LogP contribution < -0.4 is 0 Å². The van der Waals surface area contributed by atoms with E-state index < -0.39 is 0 Å². The van der Waals surface area contributed by atoms with E-state index in [2.05, 4.69) is 62.1 Å². The molecule has 0 bridgehead atoms. The zero-order chi connectivity index (χ0) is 12.7. The molecular formula is C13H11BrN2S2. The molecule has 0 unspecified atom stereocenters. The van der Waals surface area contributed by atoms with Crippen molar-refractivity contribution in [2.75, 3.05) is 0 Å². The molecule has 0 saturated carbocycles. The van der Waals surface area contributed by atoms with E-state index in [0.717, 1.165) is 21.3 Å². The lowest BCUT2D eigenvalue weighted by Crippen LogP contribution is -1.98. The van der Waals surface area contributed by atoms with Gasteiger partial charge in [-0.1, -0.05) is 6.07 Å². The molecular weight excluding hydrogens is 328 g/mol. The summed E-state index contributed by atoms with van der Waals surface area (Å²) in [6, 6.07) is 8.42. The molecule has 92 valence electrons. The van der Waals surface area contributed by atoms with E-state index in [1.807, 2.05) is 0 Å². The molecule has 2 heterocycles. The van der Waals surface area contributed by atoms with Crippen molar-refractivity contribution < 1.29 is 0 Å². The van der Waals surface area contributed by atoms with Crippen molar-refractivity contribution in [1.82, 2.24) is 9.55 Å². The number of aromatic nitrogens is 2. The van der Waals surface area contributed by atoms with Gasteiger partial charge in [-0.2, -0.15) is 0 Å². The lowest BCUT2D eigenvalue weighted by atomic mass is 10.2.